The standard InChI is InChI=1S/C19H20FN3O2S/c1-10-22-15(17(26-10)11-5-7-13(20)8-6-11)19(25)23-9-12-3-2-4-14(12)16(23)18(21)24/h5-8,12,14,16H,2-4,9H2,1H3,(H2,21,24)/t12-,14-,16-/m0/s1. The molecule has 1 saturated carbocycles. The third kappa shape index (κ3) is 2.80. The topological polar surface area (TPSA) is 76.3 Å². The SMILES string of the molecule is Cc1nc(C(=O)N2C[C@@H]3CCC[C@@H]3[C@H]2C(N)=O)c(-c2ccc(F)cc2)s1. The predicted octanol–water partition coefficient (Wildman–Crippen LogP) is 2.98. The second-order valence-corrected chi connectivity index (χ2v) is 8.28. The van der Waals surface area contributed by atoms with Crippen molar-refractivity contribution in [2.75, 3.05) is 6.54 Å². The van der Waals surface area contributed by atoms with E-state index in [2.05, 4.69) is 4.98 Å². The highest BCUT2D eigenvalue weighted by molar-refractivity contribution is 7.15. The maximum Gasteiger partial charge on any atom is 0.274 e. The first kappa shape index (κ1) is 17.1. The first-order valence-electron chi connectivity index (χ1n) is 8.79. The third-order valence-electron chi connectivity index (χ3n) is 5.49. The second-order valence-electron chi connectivity index (χ2n) is 7.08. The molecule has 136 valence electrons. The van der Waals surface area contributed by atoms with E-state index in [4.69, 9.17) is 5.73 Å². The molecule has 1 aromatic heterocycles. The fraction of sp³-hybridized carbons (Fsp3) is 0.421. The van der Waals surface area contributed by atoms with Crippen molar-refractivity contribution in [2.24, 2.45) is 17.6 Å². The van der Waals surface area contributed by atoms with Crippen LogP contribution in [-0.4, -0.2) is 34.3 Å². The van der Waals surface area contributed by atoms with Gasteiger partial charge >= 0.3 is 0 Å². The van der Waals surface area contributed by atoms with Gasteiger partial charge in [0.25, 0.3) is 5.91 Å². The summed E-state index contributed by atoms with van der Waals surface area (Å²) in [7, 11) is 0. The number of fused-ring (bicyclic) bond motifs is 1. The molecule has 2 aliphatic rings. The molecular weight excluding hydrogens is 353 g/mol. The average Bonchev–Trinajstić information content (AvgIpc) is 3.28. The Labute approximate surface area is 155 Å². The number of halogens is 1. The number of nitrogens with zero attached hydrogens (tertiary/aromatic N) is 2. The zero-order valence-corrected chi connectivity index (χ0v) is 15.3. The minimum absolute atomic E-state index is 0.158. The number of carbonyl (C=O) groups excluding carboxylic acids is 2. The lowest BCUT2D eigenvalue weighted by Crippen LogP contribution is -2.46. The van der Waals surface area contributed by atoms with E-state index in [1.165, 1.54) is 23.5 Å². The summed E-state index contributed by atoms with van der Waals surface area (Å²) in [5, 5.41) is 0.752. The van der Waals surface area contributed by atoms with Crippen LogP contribution in [0.25, 0.3) is 10.4 Å². The van der Waals surface area contributed by atoms with Gasteiger partial charge in [-0.3, -0.25) is 9.59 Å². The highest BCUT2D eigenvalue weighted by Gasteiger charge is 2.49. The van der Waals surface area contributed by atoms with Gasteiger partial charge in [0.1, 0.15) is 17.6 Å². The first-order valence-corrected chi connectivity index (χ1v) is 9.61. The van der Waals surface area contributed by atoms with Crippen LogP contribution in [0.1, 0.15) is 34.8 Å². The number of nitrogens with two attached hydrogens (primary N) is 1. The Bertz CT molecular complexity index is 864. The molecule has 1 aliphatic heterocycles. The van der Waals surface area contributed by atoms with Crippen LogP contribution in [0, 0.1) is 24.6 Å². The fourth-order valence-electron chi connectivity index (χ4n) is 4.38. The summed E-state index contributed by atoms with van der Waals surface area (Å²) in [5.74, 6) is -0.533. The van der Waals surface area contributed by atoms with Gasteiger partial charge in [0.05, 0.1) is 9.88 Å². The van der Waals surface area contributed by atoms with Gasteiger partial charge < -0.3 is 10.6 Å². The number of hydrogen-bond donors (Lipinski definition) is 1. The number of aromatic nitrogens is 1. The number of benzene rings is 1. The molecule has 2 N–H and O–H groups in total. The van der Waals surface area contributed by atoms with E-state index in [9.17, 15) is 14.0 Å². The molecule has 0 bridgehead atoms. The van der Waals surface area contributed by atoms with E-state index < -0.39 is 11.9 Å². The van der Waals surface area contributed by atoms with Crippen molar-refractivity contribution in [2.45, 2.75) is 32.2 Å². The summed E-state index contributed by atoms with van der Waals surface area (Å²) in [6.45, 7) is 2.38. The molecule has 0 radical (unpaired) electrons. The summed E-state index contributed by atoms with van der Waals surface area (Å²) < 4.78 is 13.2. The zero-order valence-electron chi connectivity index (χ0n) is 14.4. The molecule has 2 aromatic rings. The van der Waals surface area contributed by atoms with E-state index in [1.54, 1.807) is 17.0 Å². The van der Waals surface area contributed by atoms with Gasteiger partial charge in [-0.2, -0.15) is 0 Å². The van der Waals surface area contributed by atoms with Crippen LogP contribution in [0.4, 0.5) is 4.39 Å². The average molecular weight is 373 g/mol. The van der Waals surface area contributed by atoms with Crippen LogP contribution in [0.5, 0.6) is 0 Å². The number of amides is 2. The third-order valence-corrected chi connectivity index (χ3v) is 6.51. The van der Waals surface area contributed by atoms with Crippen molar-refractivity contribution >= 4 is 23.2 Å². The number of thiazole rings is 1. The van der Waals surface area contributed by atoms with Gasteiger partial charge in [-0.1, -0.05) is 18.6 Å². The number of likely N-dealkylation sites (tertiary alicyclic amines) is 1. The van der Waals surface area contributed by atoms with E-state index in [0.29, 0.717) is 23.0 Å². The lowest BCUT2D eigenvalue weighted by Gasteiger charge is -2.25. The molecular formula is C19H20FN3O2S. The number of aryl methyl sites for hydroxylation is 1. The van der Waals surface area contributed by atoms with E-state index in [0.717, 1.165) is 29.8 Å². The summed E-state index contributed by atoms with van der Waals surface area (Å²) >= 11 is 1.39. The van der Waals surface area contributed by atoms with Gasteiger partial charge in [-0.25, -0.2) is 9.37 Å². The molecule has 1 aliphatic carbocycles. The maximum atomic E-state index is 13.3. The van der Waals surface area contributed by atoms with Gasteiger partial charge in [0.15, 0.2) is 0 Å². The largest absolute Gasteiger partial charge is 0.368 e. The lowest BCUT2D eigenvalue weighted by molar-refractivity contribution is -0.122. The molecule has 26 heavy (non-hydrogen) atoms. The monoisotopic (exact) mass is 373 g/mol. The molecule has 7 heteroatoms. The Morgan fingerprint density at radius 2 is 2.00 bits per heavy atom. The van der Waals surface area contributed by atoms with Crippen LogP contribution in [0.2, 0.25) is 0 Å². The molecule has 1 saturated heterocycles. The Morgan fingerprint density at radius 1 is 1.27 bits per heavy atom. The zero-order chi connectivity index (χ0) is 18.4. The fourth-order valence-corrected chi connectivity index (χ4v) is 5.30. The number of carbonyl (C=O) groups is 2. The highest BCUT2D eigenvalue weighted by atomic mass is 32.1. The lowest BCUT2D eigenvalue weighted by atomic mass is 9.93. The van der Waals surface area contributed by atoms with Crippen LogP contribution >= 0.6 is 11.3 Å². The molecule has 2 amide bonds. The van der Waals surface area contributed by atoms with Gasteiger partial charge in [0, 0.05) is 6.54 Å². The number of primary amides is 1. The van der Waals surface area contributed by atoms with Crippen molar-refractivity contribution < 1.29 is 14.0 Å². The van der Waals surface area contributed by atoms with Gasteiger partial charge in [-0.05, 0) is 49.3 Å². The van der Waals surface area contributed by atoms with Crippen molar-refractivity contribution in [3.05, 3.63) is 40.8 Å². The summed E-state index contributed by atoms with van der Waals surface area (Å²) in [6.07, 6.45) is 3.04. The van der Waals surface area contributed by atoms with E-state index in [1.807, 2.05) is 6.92 Å². The minimum atomic E-state index is -0.557. The normalized spacial score (nSPS) is 24.7. The summed E-state index contributed by atoms with van der Waals surface area (Å²) in [6, 6.07) is 5.46. The maximum absolute atomic E-state index is 13.3. The van der Waals surface area contributed by atoms with Crippen LogP contribution in [0.3, 0.4) is 0 Å². The van der Waals surface area contributed by atoms with Crippen molar-refractivity contribution in [3.63, 3.8) is 0 Å². The van der Waals surface area contributed by atoms with Gasteiger partial charge in [0.2, 0.25) is 5.91 Å². The molecule has 0 unspecified atom stereocenters. The summed E-state index contributed by atoms with van der Waals surface area (Å²) in [5.41, 5.74) is 6.71. The van der Waals surface area contributed by atoms with E-state index >= 15 is 0 Å². The van der Waals surface area contributed by atoms with Crippen molar-refractivity contribution in [3.8, 4) is 10.4 Å². The molecule has 0 spiro atoms. The molecule has 5 nitrogen and oxygen atoms in total. The van der Waals surface area contributed by atoms with Crippen LogP contribution < -0.4 is 5.73 Å². The second kappa shape index (κ2) is 6.46. The Kier molecular flexibility index (Phi) is 4.26. The quantitative estimate of drug-likeness (QED) is 0.899. The molecule has 2 fully saturated rings. The number of rotatable bonds is 3. The molecule has 2 heterocycles. The summed E-state index contributed by atoms with van der Waals surface area (Å²) in [4.78, 5) is 32.0. The Morgan fingerprint density at radius 3 is 2.69 bits per heavy atom. The van der Waals surface area contributed by atoms with Gasteiger partial charge in [-0.15, -0.1) is 11.3 Å². The number of hydrogen-bond acceptors (Lipinski definition) is 4. The van der Waals surface area contributed by atoms with Crippen LogP contribution in [0.15, 0.2) is 24.3 Å². The molecule has 1 aromatic carbocycles. The highest BCUT2D eigenvalue weighted by Crippen LogP contribution is 2.43. The van der Waals surface area contributed by atoms with Crippen molar-refractivity contribution in [1.82, 2.24) is 9.88 Å². The Hall–Kier alpha value is -2.28. The van der Waals surface area contributed by atoms with E-state index in [-0.39, 0.29) is 17.6 Å². The van der Waals surface area contributed by atoms with Crippen molar-refractivity contribution in [1.29, 1.82) is 0 Å². The molecule has 3 atom stereocenters. The smallest absolute Gasteiger partial charge is 0.274 e. The first-order chi connectivity index (χ1) is 12.5. The molecule has 4 rings (SSSR count). The minimum Gasteiger partial charge on any atom is -0.368 e. The van der Waals surface area contributed by atoms with Crippen LogP contribution in [-0.2, 0) is 4.79 Å². The predicted molar refractivity (Wildman–Crippen MR) is 97.1 cm³/mol. The Balaban J connectivity index is 1.70.